The molecule has 0 saturated heterocycles. The normalized spacial score (nSPS) is 12.0. The topological polar surface area (TPSA) is 46.5 Å². The van der Waals surface area contributed by atoms with Gasteiger partial charge < -0.3 is 9.84 Å². The molecule has 0 amide bonds. The van der Waals surface area contributed by atoms with Crippen LogP contribution in [0, 0.1) is 6.92 Å². The summed E-state index contributed by atoms with van der Waals surface area (Å²) in [6, 6.07) is 13.4. The second-order valence-corrected chi connectivity index (χ2v) is 6.14. The zero-order chi connectivity index (χ0) is 16.1. The second-order valence-electron chi connectivity index (χ2n) is 5.23. The number of ether oxygens (including phenoxy) is 1. The first kappa shape index (κ1) is 16.6. The predicted molar refractivity (Wildman–Crippen MR) is 90.6 cm³/mol. The van der Waals surface area contributed by atoms with Gasteiger partial charge >= 0.3 is 5.97 Å². The van der Waals surface area contributed by atoms with E-state index in [-0.39, 0.29) is 0 Å². The van der Waals surface area contributed by atoms with Crippen LogP contribution in [-0.2, 0) is 11.2 Å². The molecule has 0 saturated carbocycles. The van der Waals surface area contributed by atoms with Gasteiger partial charge in [-0.15, -0.1) is 0 Å². The van der Waals surface area contributed by atoms with E-state index in [2.05, 4.69) is 15.9 Å². The third-order valence-electron chi connectivity index (χ3n) is 3.87. The average molecular weight is 363 g/mol. The molecule has 0 fully saturated rings. The van der Waals surface area contributed by atoms with Gasteiger partial charge in [0, 0.05) is 4.47 Å². The van der Waals surface area contributed by atoms with Gasteiger partial charge in [-0.1, -0.05) is 40.2 Å². The number of carboxylic acid groups (broad SMARTS) is 1. The van der Waals surface area contributed by atoms with Gasteiger partial charge in [0.2, 0.25) is 0 Å². The first-order valence-corrected chi connectivity index (χ1v) is 7.93. The number of aliphatic carboxylic acids is 1. The van der Waals surface area contributed by atoms with Crippen LogP contribution in [0.25, 0.3) is 0 Å². The molecule has 0 aliphatic carbocycles. The fourth-order valence-electron chi connectivity index (χ4n) is 2.61. The summed E-state index contributed by atoms with van der Waals surface area (Å²) < 4.78 is 6.21. The minimum atomic E-state index is -0.793. The zero-order valence-corrected chi connectivity index (χ0v) is 14.3. The highest BCUT2D eigenvalue weighted by molar-refractivity contribution is 9.10. The quantitative estimate of drug-likeness (QED) is 0.818. The lowest BCUT2D eigenvalue weighted by molar-refractivity contribution is -0.138. The number of carbonyl (C=O) groups is 1. The van der Waals surface area contributed by atoms with Crippen molar-refractivity contribution in [2.24, 2.45) is 0 Å². The van der Waals surface area contributed by atoms with Crippen LogP contribution in [0.15, 0.2) is 46.9 Å². The van der Waals surface area contributed by atoms with Gasteiger partial charge in [-0.2, -0.15) is 0 Å². The lowest BCUT2D eigenvalue weighted by Crippen LogP contribution is -2.13. The lowest BCUT2D eigenvalue weighted by Gasteiger charge is -2.15. The van der Waals surface area contributed by atoms with E-state index in [1.54, 1.807) is 7.11 Å². The van der Waals surface area contributed by atoms with Crippen molar-refractivity contribution in [2.75, 3.05) is 7.11 Å². The number of methoxy groups -OCH3 is 1. The Morgan fingerprint density at radius 1 is 1.27 bits per heavy atom. The van der Waals surface area contributed by atoms with Crippen LogP contribution in [0.3, 0.4) is 0 Å². The fourth-order valence-corrected chi connectivity index (χ4v) is 3.02. The molecule has 4 heteroatoms. The van der Waals surface area contributed by atoms with E-state index in [1.807, 2.05) is 49.4 Å². The van der Waals surface area contributed by atoms with Gasteiger partial charge in [0.05, 0.1) is 13.0 Å². The Labute approximate surface area is 139 Å². The molecule has 2 aromatic carbocycles. The number of hydrogen-bond acceptors (Lipinski definition) is 2. The molecule has 0 heterocycles. The van der Waals surface area contributed by atoms with Gasteiger partial charge in [-0.3, -0.25) is 4.79 Å². The maximum Gasteiger partial charge on any atom is 0.310 e. The third kappa shape index (κ3) is 3.89. The maximum absolute atomic E-state index is 11.6. The van der Waals surface area contributed by atoms with Crippen LogP contribution < -0.4 is 4.74 Å². The first-order valence-electron chi connectivity index (χ1n) is 7.13. The van der Waals surface area contributed by atoms with Gasteiger partial charge in [0.15, 0.2) is 0 Å². The van der Waals surface area contributed by atoms with E-state index in [1.165, 1.54) is 0 Å². The number of benzene rings is 2. The second kappa shape index (κ2) is 7.45. The minimum absolute atomic E-state index is 0.511. The molecule has 2 rings (SSSR count). The Morgan fingerprint density at radius 3 is 2.64 bits per heavy atom. The number of aryl methyl sites for hydroxylation is 1. The standard InChI is InChI=1S/C18H19BrO3/c1-12-13(5-4-8-17(12)22-2)9-10-16(18(20)21)14-6-3-7-15(19)11-14/h3-8,11,16H,9-10H2,1-2H3,(H,20,21). The molecule has 1 unspecified atom stereocenters. The molecule has 22 heavy (non-hydrogen) atoms. The Balaban J connectivity index is 2.18. The van der Waals surface area contributed by atoms with Crippen molar-refractivity contribution >= 4 is 21.9 Å². The predicted octanol–water partition coefficient (Wildman–Crippen LogP) is 4.57. The fraction of sp³-hybridized carbons (Fsp3) is 0.278. The van der Waals surface area contributed by atoms with E-state index in [4.69, 9.17) is 4.74 Å². The zero-order valence-electron chi connectivity index (χ0n) is 12.7. The van der Waals surface area contributed by atoms with E-state index >= 15 is 0 Å². The molecule has 3 nitrogen and oxygen atoms in total. The van der Waals surface area contributed by atoms with Crippen molar-refractivity contribution in [3.63, 3.8) is 0 Å². The van der Waals surface area contributed by atoms with Gasteiger partial charge in [0.1, 0.15) is 5.75 Å². The molecule has 116 valence electrons. The molecule has 2 aromatic rings. The largest absolute Gasteiger partial charge is 0.496 e. The molecule has 0 aromatic heterocycles. The van der Waals surface area contributed by atoms with Gasteiger partial charge in [-0.05, 0) is 54.7 Å². The molecule has 1 atom stereocenters. The van der Waals surface area contributed by atoms with Crippen LogP contribution in [-0.4, -0.2) is 18.2 Å². The highest BCUT2D eigenvalue weighted by atomic mass is 79.9. The van der Waals surface area contributed by atoms with Crippen LogP contribution in [0.1, 0.15) is 29.0 Å². The van der Waals surface area contributed by atoms with Crippen molar-refractivity contribution in [3.05, 3.63) is 63.6 Å². The van der Waals surface area contributed by atoms with E-state index in [9.17, 15) is 9.90 Å². The monoisotopic (exact) mass is 362 g/mol. The number of rotatable bonds is 6. The lowest BCUT2D eigenvalue weighted by atomic mass is 9.91. The number of carboxylic acids is 1. The van der Waals surface area contributed by atoms with Crippen LogP contribution in [0.2, 0.25) is 0 Å². The summed E-state index contributed by atoms with van der Waals surface area (Å²) in [5, 5.41) is 9.53. The Morgan fingerprint density at radius 2 is 2.00 bits per heavy atom. The smallest absolute Gasteiger partial charge is 0.310 e. The van der Waals surface area contributed by atoms with Crippen molar-refractivity contribution in [1.82, 2.24) is 0 Å². The molecule has 0 aliphatic rings. The molecular weight excluding hydrogens is 344 g/mol. The molecule has 0 bridgehead atoms. The van der Waals surface area contributed by atoms with E-state index in [0.29, 0.717) is 12.8 Å². The van der Waals surface area contributed by atoms with E-state index in [0.717, 1.165) is 26.9 Å². The Kier molecular flexibility index (Phi) is 5.61. The van der Waals surface area contributed by atoms with Gasteiger partial charge in [0.25, 0.3) is 0 Å². The summed E-state index contributed by atoms with van der Waals surface area (Å²) in [4.78, 5) is 11.6. The number of hydrogen-bond donors (Lipinski definition) is 1. The van der Waals surface area contributed by atoms with Crippen LogP contribution in [0.5, 0.6) is 5.75 Å². The Bertz CT molecular complexity index is 667. The molecule has 0 aliphatic heterocycles. The summed E-state index contributed by atoms with van der Waals surface area (Å²) in [5.74, 6) is -0.464. The summed E-state index contributed by atoms with van der Waals surface area (Å²) in [6.07, 6.45) is 1.26. The molecule has 1 N–H and O–H groups in total. The van der Waals surface area contributed by atoms with Gasteiger partial charge in [-0.25, -0.2) is 0 Å². The molecule has 0 radical (unpaired) electrons. The van der Waals surface area contributed by atoms with Crippen molar-refractivity contribution < 1.29 is 14.6 Å². The minimum Gasteiger partial charge on any atom is -0.496 e. The summed E-state index contributed by atoms with van der Waals surface area (Å²) in [7, 11) is 1.65. The summed E-state index contributed by atoms with van der Waals surface area (Å²) in [5.41, 5.74) is 3.02. The molecule has 0 spiro atoms. The maximum atomic E-state index is 11.6. The highest BCUT2D eigenvalue weighted by Gasteiger charge is 2.20. The SMILES string of the molecule is COc1cccc(CCC(C(=O)O)c2cccc(Br)c2)c1C. The van der Waals surface area contributed by atoms with E-state index < -0.39 is 11.9 Å². The summed E-state index contributed by atoms with van der Waals surface area (Å²) >= 11 is 3.40. The van der Waals surface area contributed by atoms with Crippen LogP contribution >= 0.6 is 15.9 Å². The number of halogens is 1. The summed E-state index contributed by atoms with van der Waals surface area (Å²) in [6.45, 7) is 2.00. The highest BCUT2D eigenvalue weighted by Crippen LogP contribution is 2.27. The Hall–Kier alpha value is -1.81. The van der Waals surface area contributed by atoms with Crippen molar-refractivity contribution in [2.45, 2.75) is 25.7 Å². The van der Waals surface area contributed by atoms with Crippen LogP contribution in [0.4, 0.5) is 0 Å². The third-order valence-corrected chi connectivity index (χ3v) is 4.36. The van der Waals surface area contributed by atoms with Crippen molar-refractivity contribution in [3.8, 4) is 5.75 Å². The first-order chi connectivity index (χ1) is 10.5. The van der Waals surface area contributed by atoms with Crippen molar-refractivity contribution in [1.29, 1.82) is 0 Å². The molecular formula is C18H19BrO3. The average Bonchev–Trinajstić information content (AvgIpc) is 2.49.